The lowest BCUT2D eigenvalue weighted by Gasteiger charge is -2.09. The van der Waals surface area contributed by atoms with E-state index in [0.717, 1.165) is 5.56 Å². The molecule has 0 aliphatic carbocycles. The van der Waals surface area contributed by atoms with Crippen molar-refractivity contribution in [2.45, 2.75) is 6.04 Å². The van der Waals surface area contributed by atoms with Crippen LogP contribution < -0.4 is 5.73 Å². The molecule has 1 atom stereocenters. The summed E-state index contributed by atoms with van der Waals surface area (Å²) in [5, 5.41) is 0. The lowest BCUT2D eigenvalue weighted by molar-refractivity contribution is 0.882. The van der Waals surface area contributed by atoms with Crippen LogP contribution in [0.3, 0.4) is 0 Å². The van der Waals surface area contributed by atoms with Crippen molar-refractivity contribution in [3.8, 4) is 12.3 Å². The fraction of sp³-hybridized carbons (Fsp3) is 0.0909. The first-order valence-corrected chi connectivity index (χ1v) is 3.71. The lowest BCUT2D eigenvalue weighted by Crippen LogP contribution is -2.11. The van der Waals surface area contributed by atoms with Crippen LogP contribution >= 0.6 is 0 Å². The zero-order chi connectivity index (χ0) is 8.97. The number of rotatable bonds is 2. The van der Waals surface area contributed by atoms with E-state index in [0.29, 0.717) is 5.57 Å². The largest absolute Gasteiger partial charge is 0.320 e. The minimum absolute atomic E-state index is 0.240. The molecule has 1 unspecified atom stereocenters. The van der Waals surface area contributed by atoms with Gasteiger partial charge in [-0.25, -0.2) is 0 Å². The predicted octanol–water partition coefficient (Wildman–Crippen LogP) is 1.88. The summed E-state index contributed by atoms with van der Waals surface area (Å²) >= 11 is 0. The minimum atomic E-state index is -0.240. The van der Waals surface area contributed by atoms with Crippen LogP contribution in [0.15, 0.2) is 42.5 Å². The SMILES string of the molecule is C#CC(=C)C(N)c1ccccc1. The summed E-state index contributed by atoms with van der Waals surface area (Å²) in [6.07, 6.45) is 5.18. The molecule has 0 saturated heterocycles. The van der Waals surface area contributed by atoms with Gasteiger partial charge in [0.25, 0.3) is 0 Å². The maximum absolute atomic E-state index is 5.81. The van der Waals surface area contributed by atoms with Crippen LogP contribution in [0.5, 0.6) is 0 Å². The van der Waals surface area contributed by atoms with Gasteiger partial charge in [-0.3, -0.25) is 0 Å². The van der Waals surface area contributed by atoms with Gasteiger partial charge in [-0.15, -0.1) is 6.42 Å². The summed E-state index contributed by atoms with van der Waals surface area (Å²) in [4.78, 5) is 0. The number of nitrogens with two attached hydrogens (primary N) is 1. The van der Waals surface area contributed by atoms with Gasteiger partial charge in [0, 0.05) is 5.57 Å². The van der Waals surface area contributed by atoms with Crippen molar-refractivity contribution in [3.05, 3.63) is 48.0 Å². The fourth-order valence-corrected chi connectivity index (χ4v) is 0.951. The highest BCUT2D eigenvalue weighted by molar-refractivity contribution is 5.35. The maximum Gasteiger partial charge on any atom is 0.0625 e. The first-order chi connectivity index (χ1) is 5.75. The van der Waals surface area contributed by atoms with Crippen molar-refractivity contribution in [2.75, 3.05) is 0 Å². The monoisotopic (exact) mass is 157 g/mol. The Kier molecular flexibility index (Phi) is 2.68. The van der Waals surface area contributed by atoms with Crippen LogP contribution in [-0.2, 0) is 0 Å². The molecule has 60 valence electrons. The van der Waals surface area contributed by atoms with Crippen LogP contribution in [-0.4, -0.2) is 0 Å². The zero-order valence-electron chi connectivity index (χ0n) is 6.83. The van der Waals surface area contributed by atoms with Crippen molar-refractivity contribution in [2.24, 2.45) is 5.73 Å². The van der Waals surface area contributed by atoms with Gasteiger partial charge >= 0.3 is 0 Å². The Morgan fingerprint density at radius 3 is 2.50 bits per heavy atom. The van der Waals surface area contributed by atoms with E-state index in [4.69, 9.17) is 12.2 Å². The highest BCUT2D eigenvalue weighted by Gasteiger charge is 2.05. The Morgan fingerprint density at radius 1 is 1.42 bits per heavy atom. The molecule has 1 nitrogen and oxygen atoms in total. The van der Waals surface area contributed by atoms with E-state index in [1.807, 2.05) is 30.3 Å². The maximum atomic E-state index is 5.81. The molecule has 1 aromatic carbocycles. The van der Waals surface area contributed by atoms with Crippen LogP contribution in [0, 0.1) is 12.3 Å². The topological polar surface area (TPSA) is 26.0 Å². The number of benzene rings is 1. The summed E-state index contributed by atoms with van der Waals surface area (Å²) in [7, 11) is 0. The van der Waals surface area contributed by atoms with E-state index in [-0.39, 0.29) is 6.04 Å². The zero-order valence-corrected chi connectivity index (χ0v) is 6.83. The Labute approximate surface area is 72.9 Å². The van der Waals surface area contributed by atoms with Crippen molar-refractivity contribution in [1.29, 1.82) is 0 Å². The number of hydrogen-bond acceptors (Lipinski definition) is 1. The van der Waals surface area contributed by atoms with E-state index in [1.54, 1.807) is 0 Å². The van der Waals surface area contributed by atoms with Crippen molar-refractivity contribution >= 4 is 0 Å². The average molecular weight is 157 g/mol. The van der Waals surface area contributed by atoms with Crippen LogP contribution in [0.4, 0.5) is 0 Å². The summed E-state index contributed by atoms with van der Waals surface area (Å²) in [6, 6.07) is 9.43. The molecule has 12 heavy (non-hydrogen) atoms. The first kappa shape index (κ1) is 8.58. The van der Waals surface area contributed by atoms with E-state index in [9.17, 15) is 0 Å². The number of terminal acetylenes is 1. The van der Waals surface area contributed by atoms with Gasteiger partial charge in [-0.05, 0) is 5.56 Å². The molecular weight excluding hydrogens is 146 g/mol. The Hall–Kier alpha value is -1.52. The average Bonchev–Trinajstić information content (AvgIpc) is 2.17. The first-order valence-electron chi connectivity index (χ1n) is 3.71. The molecule has 0 heterocycles. The van der Waals surface area contributed by atoms with Gasteiger partial charge in [-0.2, -0.15) is 0 Å². The van der Waals surface area contributed by atoms with Gasteiger partial charge < -0.3 is 5.73 Å². The third-order valence-corrected chi connectivity index (χ3v) is 1.72. The molecule has 0 amide bonds. The molecule has 0 radical (unpaired) electrons. The van der Waals surface area contributed by atoms with E-state index in [1.165, 1.54) is 0 Å². The summed E-state index contributed by atoms with van der Waals surface area (Å²) in [5.74, 6) is 2.44. The van der Waals surface area contributed by atoms with E-state index < -0.39 is 0 Å². The van der Waals surface area contributed by atoms with Gasteiger partial charge in [-0.1, -0.05) is 42.8 Å². The second-order valence-electron chi connectivity index (χ2n) is 2.56. The number of hydrogen-bond donors (Lipinski definition) is 1. The molecule has 1 rings (SSSR count). The Morgan fingerprint density at radius 2 is 2.00 bits per heavy atom. The second-order valence-corrected chi connectivity index (χ2v) is 2.56. The predicted molar refractivity (Wildman–Crippen MR) is 51.3 cm³/mol. The second kappa shape index (κ2) is 3.75. The molecule has 0 spiro atoms. The van der Waals surface area contributed by atoms with E-state index in [2.05, 4.69) is 12.5 Å². The highest BCUT2D eigenvalue weighted by atomic mass is 14.6. The molecule has 0 fully saturated rings. The third kappa shape index (κ3) is 1.75. The summed E-state index contributed by atoms with van der Waals surface area (Å²) < 4.78 is 0. The molecule has 1 heteroatoms. The van der Waals surface area contributed by atoms with Gasteiger partial charge in [0.15, 0.2) is 0 Å². The molecular formula is C11H11N. The molecule has 0 aliphatic rings. The van der Waals surface area contributed by atoms with Crippen LogP contribution in [0.25, 0.3) is 0 Å². The van der Waals surface area contributed by atoms with Crippen molar-refractivity contribution in [1.82, 2.24) is 0 Å². The molecule has 0 aliphatic heterocycles. The Balaban J connectivity index is 2.87. The van der Waals surface area contributed by atoms with Crippen molar-refractivity contribution in [3.63, 3.8) is 0 Å². The lowest BCUT2D eigenvalue weighted by atomic mass is 10.0. The van der Waals surface area contributed by atoms with Crippen molar-refractivity contribution < 1.29 is 0 Å². The van der Waals surface area contributed by atoms with Gasteiger partial charge in [0.1, 0.15) is 0 Å². The molecule has 2 N–H and O–H groups in total. The molecule has 0 aromatic heterocycles. The Bertz CT molecular complexity index is 306. The summed E-state index contributed by atoms with van der Waals surface area (Å²) in [5.41, 5.74) is 7.42. The molecule has 0 bridgehead atoms. The molecule has 1 aromatic rings. The smallest absolute Gasteiger partial charge is 0.0625 e. The quantitative estimate of drug-likeness (QED) is 0.652. The van der Waals surface area contributed by atoms with Crippen LogP contribution in [0.1, 0.15) is 11.6 Å². The van der Waals surface area contributed by atoms with Gasteiger partial charge in [0.2, 0.25) is 0 Å². The molecule has 0 saturated carbocycles. The summed E-state index contributed by atoms with van der Waals surface area (Å²) in [6.45, 7) is 3.69. The fourth-order valence-electron chi connectivity index (χ4n) is 0.951. The standard InChI is InChI=1S/C11H11N/c1-3-9(2)11(12)10-7-5-4-6-8-10/h1,4-8,11H,2,12H2. The van der Waals surface area contributed by atoms with Gasteiger partial charge in [0.05, 0.1) is 6.04 Å². The van der Waals surface area contributed by atoms with Crippen LogP contribution in [0.2, 0.25) is 0 Å². The third-order valence-electron chi connectivity index (χ3n) is 1.72. The highest BCUT2D eigenvalue weighted by Crippen LogP contribution is 2.15. The minimum Gasteiger partial charge on any atom is -0.320 e. The van der Waals surface area contributed by atoms with E-state index >= 15 is 0 Å². The normalized spacial score (nSPS) is 11.7.